The first-order chi connectivity index (χ1) is 14.5. The van der Waals surface area contributed by atoms with E-state index in [9.17, 15) is 14.4 Å². The van der Waals surface area contributed by atoms with Crippen molar-refractivity contribution in [2.24, 2.45) is 17.3 Å². The number of amides is 4. The molecule has 176 valence electrons. The molecule has 4 amide bonds. The minimum absolute atomic E-state index is 0.0552. The van der Waals surface area contributed by atoms with Crippen LogP contribution in [0.3, 0.4) is 0 Å². The lowest BCUT2D eigenvalue weighted by molar-refractivity contribution is -0.134. The van der Waals surface area contributed by atoms with Crippen LogP contribution in [-0.2, 0) is 9.59 Å². The Morgan fingerprint density at radius 3 is 2.23 bits per heavy atom. The summed E-state index contributed by atoms with van der Waals surface area (Å²) in [5, 5.41) is 5.99. The second-order valence-electron chi connectivity index (χ2n) is 11.1. The van der Waals surface area contributed by atoms with Crippen LogP contribution in [0.1, 0.15) is 60.3 Å². The highest BCUT2D eigenvalue weighted by Gasteiger charge is 2.53. The molecule has 0 aromatic heterocycles. The van der Waals surface area contributed by atoms with Gasteiger partial charge in [-0.25, -0.2) is 9.69 Å². The van der Waals surface area contributed by atoms with E-state index in [2.05, 4.69) is 55.1 Å². The fourth-order valence-corrected chi connectivity index (χ4v) is 4.99. The van der Waals surface area contributed by atoms with E-state index in [4.69, 9.17) is 0 Å². The molecule has 1 spiro atoms. The van der Waals surface area contributed by atoms with Gasteiger partial charge in [-0.1, -0.05) is 34.6 Å². The maximum atomic E-state index is 13.2. The number of hydrogen-bond acceptors (Lipinski definition) is 5. The number of carbonyl (C=O) groups excluding carboxylic acids is 3. The van der Waals surface area contributed by atoms with Crippen LogP contribution in [0.15, 0.2) is 0 Å². The minimum Gasteiger partial charge on any atom is -0.355 e. The van der Waals surface area contributed by atoms with Gasteiger partial charge < -0.3 is 10.6 Å². The second-order valence-corrected chi connectivity index (χ2v) is 11.1. The van der Waals surface area contributed by atoms with Gasteiger partial charge >= 0.3 is 6.03 Å². The van der Waals surface area contributed by atoms with Crippen molar-refractivity contribution in [1.82, 2.24) is 25.3 Å². The normalized spacial score (nSPS) is 28.5. The predicted octanol–water partition coefficient (Wildman–Crippen LogP) is 1.86. The van der Waals surface area contributed by atoms with Gasteiger partial charge in [0.1, 0.15) is 5.54 Å². The van der Waals surface area contributed by atoms with Crippen molar-refractivity contribution < 1.29 is 14.4 Å². The molecule has 0 atom stereocenters. The van der Waals surface area contributed by atoms with E-state index in [0.29, 0.717) is 31.6 Å². The van der Waals surface area contributed by atoms with Gasteiger partial charge in [-0.15, -0.1) is 0 Å². The summed E-state index contributed by atoms with van der Waals surface area (Å²) in [4.78, 5) is 43.6. The van der Waals surface area contributed by atoms with E-state index in [-0.39, 0.29) is 23.3 Å². The first-order valence-corrected chi connectivity index (χ1v) is 11.9. The topological polar surface area (TPSA) is 85.0 Å². The Bertz CT molecular complexity index is 671. The van der Waals surface area contributed by atoms with Gasteiger partial charge in [0, 0.05) is 32.7 Å². The monoisotopic (exact) mass is 435 g/mol. The Kier molecular flexibility index (Phi) is 7.31. The smallest absolute Gasteiger partial charge is 0.326 e. The molecule has 0 aromatic carbocycles. The van der Waals surface area contributed by atoms with Crippen molar-refractivity contribution in [3.63, 3.8) is 0 Å². The van der Waals surface area contributed by atoms with Gasteiger partial charge in [-0.2, -0.15) is 0 Å². The Morgan fingerprint density at radius 2 is 1.68 bits per heavy atom. The fraction of sp³-hybridized carbons (Fsp3) is 0.870. The first kappa shape index (κ1) is 24.0. The number of nitrogens with one attached hydrogen (secondary N) is 2. The summed E-state index contributed by atoms with van der Waals surface area (Å²) in [5.41, 5.74) is -0.465. The first-order valence-electron chi connectivity index (χ1n) is 11.9. The maximum absolute atomic E-state index is 13.2. The van der Waals surface area contributed by atoms with Gasteiger partial charge in [0.05, 0.1) is 13.2 Å². The maximum Gasteiger partial charge on any atom is 0.326 e. The molecule has 3 fully saturated rings. The molecule has 3 rings (SSSR count). The van der Waals surface area contributed by atoms with Crippen LogP contribution >= 0.6 is 0 Å². The quantitative estimate of drug-likeness (QED) is 0.622. The van der Waals surface area contributed by atoms with Crippen LogP contribution in [0.25, 0.3) is 0 Å². The summed E-state index contributed by atoms with van der Waals surface area (Å²) in [6.07, 6.45) is 3.41. The van der Waals surface area contributed by atoms with Crippen molar-refractivity contribution >= 4 is 17.8 Å². The third kappa shape index (κ3) is 5.77. The molecule has 0 aromatic rings. The summed E-state index contributed by atoms with van der Waals surface area (Å²) in [6, 6.07) is -0.255. The summed E-state index contributed by atoms with van der Waals surface area (Å²) in [6.45, 7) is 15.4. The third-order valence-electron chi connectivity index (χ3n) is 7.19. The van der Waals surface area contributed by atoms with Gasteiger partial charge in [0.2, 0.25) is 5.91 Å². The Hall–Kier alpha value is -1.67. The largest absolute Gasteiger partial charge is 0.355 e. The van der Waals surface area contributed by atoms with Gasteiger partial charge in [0.25, 0.3) is 5.91 Å². The van der Waals surface area contributed by atoms with Gasteiger partial charge in [0.15, 0.2) is 0 Å². The summed E-state index contributed by atoms with van der Waals surface area (Å²) >= 11 is 0. The Morgan fingerprint density at radius 1 is 1.10 bits per heavy atom. The van der Waals surface area contributed by atoms with Crippen LogP contribution in [-0.4, -0.2) is 84.0 Å². The fourth-order valence-electron chi connectivity index (χ4n) is 4.99. The molecule has 31 heavy (non-hydrogen) atoms. The average molecular weight is 436 g/mol. The predicted molar refractivity (Wildman–Crippen MR) is 120 cm³/mol. The Labute approximate surface area is 187 Å². The molecule has 2 aliphatic heterocycles. The number of piperazine rings is 1. The van der Waals surface area contributed by atoms with Crippen molar-refractivity contribution in [3.8, 4) is 0 Å². The molecular formula is C23H41N5O3. The summed E-state index contributed by atoms with van der Waals surface area (Å²) in [5.74, 6) is 1.03. The van der Waals surface area contributed by atoms with Crippen molar-refractivity contribution in [2.75, 3.05) is 45.9 Å². The molecule has 0 bridgehead atoms. The SMILES string of the molecule is CC(C)CNC(=O)CN1CCN(CN2C(=O)NC3(CCC(C(C)(C)C)CC3)C2=O)CC1. The molecule has 1 aliphatic carbocycles. The van der Waals surface area contributed by atoms with Crippen LogP contribution in [0.4, 0.5) is 4.79 Å². The molecule has 2 N–H and O–H groups in total. The number of imide groups is 1. The average Bonchev–Trinajstić information content (AvgIpc) is 2.91. The molecule has 2 saturated heterocycles. The highest BCUT2D eigenvalue weighted by Crippen LogP contribution is 2.43. The number of rotatable bonds is 6. The van der Waals surface area contributed by atoms with E-state index in [1.54, 1.807) is 0 Å². The van der Waals surface area contributed by atoms with Crippen LogP contribution in [0.2, 0.25) is 0 Å². The standard InChI is InChI=1S/C23H41N5O3/c1-17(2)14-24-19(29)15-26-10-12-27(13-11-26)16-28-20(30)23(25-21(28)31)8-6-18(7-9-23)22(3,4)5/h17-18H,6-16H2,1-5H3,(H,24,29)(H,25,31). The van der Waals surface area contributed by atoms with E-state index in [1.807, 2.05) is 0 Å². The van der Waals surface area contributed by atoms with Gasteiger partial charge in [-0.3, -0.25) is 19.4 Å². The zero-order chi connectivity index (χ0) is 22.8. The molecule has 0 unspecified atom stereocenters. The zero-order valence-corrected chi connectivity index (χ0v) is 20.0. The van der Waals surface area contributed by atoms with Crippen molar-refractivity contribution in [1.29, 1.82) is 0 Å². The molecular weight excluding hydrogens is 394 g/mol. The number of hydrogen-bond donors (Lipinski definition) is 2. The van der Waals surface area contributed by atoms with E-state index in [1.165, 1.54) is 4.90 Å². The summed E-state index contributed by atoms with van der Waals surface area (Å²) in [7, 11) is 0. The molecule has 8 nitrogen and oxygen atoms in total. The lowest BCUT2D eigenvalue weighted by Gasteiger charge is -2.41. The van der Waals surface area contributed by atoms with Crippen molar-refractivity contribution in [2.45, 2.75) is 65.8 Å². The Balaban J connectivity index is 1.47. The lowest BCUT2D eigenvalue weighted by atomic mass is 9.67. The number of urea groups is 1. The van der Waals surface area contributed by atoms with Crippen molar-refractivity contribution in [3.05, 3.63) is 0 Å². The lowest BCUT2D eigenvalue weighted by Crippen LogP contribution is -2.54. The zero-order valence-electron chi connectivity index (χ0n) is 20.0. The number of carbonyl (C=O) groups is 3. The van der Waals surface area contributed by atoms with Crippen LogP contribution < -0.4 is 10.6 Å². The van der Waals surface area contributed by atoms with Crippen LogP contribution in [0.5, 0.6) is 0 Å². The summed E-state index contributed by atoms with van der Waals surface area (Å²) < 4.78 is 0. The van der Waals surface area contributed by atoms with E-state index in [0.717, 1.165) is 51.9 Å². The number of nitrogens with zero attached hydrogens (tertiary/aromatic N) is 3. The molecule has 1 saturated carbocycles. The van der Waals surface area contributed by atoms with E-state index < -0.39 is 5.54 Å². The highest BCUT2D eigenvalue weighted by atomic mass is 16.2. The highest BCUT2D eigenvalue weighted by molar-refractivity contribution is 6.07. The second kappa shape index (κ2) is 9.45. The molecule has 8 heteroatoms. The molecule has 0 radical (unpaired) electrons. The molecule has 3 aliphatic rings. The van der Waals surface area contributed by atoms with Gasteiger partial charge in [-0.05, 0) is 42.9 Å². The van der Waals surface area contributed by atoms with Crippen LogP contribution in [0, 0.1) is 17.3 Å². The molecule has 2 heterocycles. The van der Waals surface area contributed by atoms with E-state index >= 15 is 0 Å². The minimum atomic E-state index is -0.699. The third-order valence-corrected chi connectivity index (χ3v) is 7.19.